The molecule has 0 radical (unpaired) electrons. The highest BCUT2D eigenvalue weighted by molar-refractivity contribution is 6.15. The van der Waals surface area contributed by atoms with Gasteiger partial charge in [0.15, 0.2) is 0 Å². The highest BCUT2D eigenvalue weighted by Crippen LogP contribution is 2.35. The van der Waals surface area contributed by atoms with E-state index in [4.69, 9.17) is 9.47 Å². The van der Waals surface area contributed by atoms with Crippen LogP contribution >= 0.6 is 0 Å². The van der Waals surface area contributed by atoms with Gasteiger partial charge in [-0.05, 0) is 42.7 Å². The number of aromatic amines is 1. The first-order valence-electron chi connectivity index (χ1n) is 10.0. The Balaban J connectivity index is 1.54. The summed E-state index contributed by atoms with van der Waals surface area (Å²) < 4.78 is 11.7. The number of esters is 1. The highest BCUT2D eigenvalue weighted by atomic mass is 16.5. The van der Waals surface area contributed by atoms with Crippen molar-refractivity contribution in [1.82, 2.24) is 9.97 Å². The van der Waals surface area contributed by atoms with Crippen LogP contribution in [0.1, 0.15) is 34.9 Å². The van der Waals surface area contributed by atoms with Crippen LogP contribution in [0, 0.1) is 5.92 Å². The quantitative estimate of drug-likeness (QED) is 0.499. The number of benzene rings is 2. The van der Waals surface area contributed by atoms with Crippen molar-refractivity contribution in [2.45, 2.75) is 18.9 Å². The van der Waals surface area contributed by atoms with Gasteiger partial charge in [-0.15, -0.1) is 0 Å². The fourth-order valence-corrected chi connectivity index (χ4v) is 4.21. The maximum absolute atomic E-state index is 13.3. The molecular weight excluding hydrogens is 364 g/mol. The Kier molecular flexibility index (Phi) is 4.74. The van der Waals surface area contributed by atoms with Gasteiger partial charge in [-0.2, -0.15) is 0 Å². The van der Waals surface area contributed by atoms with Crippen molar-refractivity contribution in [2.75, 3.05) is 13.2 Å². The molecule has 146 valence electrons. The fourth-order valence-electron chi connectivity index (χ4n) is 4.21. The molecule has 0 bridgehead atoms. The van der Waals surface area contributed by atoms with Crippen LogP contribution in [0.5, 0.6) is 0 Å². The van der Waals surface area contributed by atoms with Crippen LogP contribution in [0.4, 0.5) is 0 Å². The van der Waals surface area contributed by atoms with E-state index in [2.05, 4.69) is 9.97 Å². The van der Waals surface area contributed by atoms with Crippen LogP contribution in [0.2, 0.25) is 0 Å². The molecule has 1 aliphatic heterocycles. The molecule has 3 heterocycles. The lowest BCUT2D eigenvalue weighted by atomic mass is 9.89. The average Bonchev–Trinajstić information content (AvgIpc) is 3.17. The molecule has 5 rings (SSSR count). The number of rotatable bonds is 4. The largest absolute Gasteiger partial charge is 0.454 e. The second kappa shape index (κ2) is 7.68. The predicted octanol–water partition coefficient (Wildman–Crippen LogP) is 5.04. The van der Waals surface area contributed by atoms with Crippen molar-refractivity contribution < 1.29 is 14.3 Å². The Morgan fingerprint density at radius 1 is 1.00 bits per heavy atom. The number of aromatic nitrogens is 2. The number of carbonyl (C=O) groups is 1. The van der Waals surface area contributed by atoms with E-state index in [9.17, 15) is 4.79 Å². The van der Waals surface area contributed by atoms with Crippen molar-refractivity contribution in [2.24, 2.45) is 5.92 Å². The summed E-state index contributed by atoms with van der Waals surface area (Å²) in [7, 11) is 0. The minimum atomic E-state index is -0.317. The van der Waals surface area contributed by atoms with Crippen LogP contribution in [-0.4, -0.2) is 29.2 Å². The molecular formula is C24H22N2O3. The Labute approximate surface area is 168 Å². The Bertz CT molecular complexity index is 1150. The third-order valence-electron chi connectivity index (χ3n) is 5.65. The van der Waals surface area contributed by atoms with Gasteiger partial charge in [-0.25, -0.2) is 4.79 Å². The summed E-state index contributed by atoms with van der Waals surface area (Å²) in [5, 5.41) is 0.812. The molecule has 4 aromatic rings. The molecule has 0 amide bonds. The Hall–Kier alpha value is -3.18. The molecule has 29 heavy (non-hydrogen) atoms. The Morgan fingerprint density at radius 2 is 1.79 bits per heavy atom. The minimum absolute atomic E-state index is 0.246. The molecule has 1 unspecified atom stereocenters. The van der Waals surface area contributed by atoms with Crippen molar-refractivity contribution >= 4 is 27.9 Å². The number of pyridine rings is 1. The van der Waals surface area contributed by atoms with Crippen LogP contribution in [0.3, 0.4) is 0 Å². The van der Waals surface area contributed by atoms with E-state index in [-0.39, 0.29) is 18.0 Å². The number of H-pyrrole nitrogens is 1. The van der Waals surface area contributed by atoms with Gasteiger partial charge in [0.2, 0.25) is 0 Å². The fraction of sp³-hybridized carbons (Fsp3) is 0.250. The maximum Gasteiger partial charge on any atom is 0.339 e. The van der Waals surface area contributed by atoms with Gasteiger partial charge in [0.05, 0.1) is 16.6 Å². The smallest absolute Gasteiger partial charge is 0.339 e. The number of nitrogens with zero attached hydrogens (tertiary/aromatic N) is 1. The molecule has 1 fully saturated rings. The lowest BCUT2D eigenvalue weighted by Gasteiger charge is -2.30. The van der Waals surface area contributed by atoms with Crippen LogP contribution in [-0.2, 0) is 9.47 Å². The SMILES string of the molecule is O=C(OC(c1ccccc1)C1CCOCC1)c1cccc2[nH]c3cccnc3c12. The van der Waals surface area contributed by atoms with E-state index >= 15 is 0 Å². The summed E-state index contributed by atoms with van der Waals surface area (Å²) in [6.07, 6.45) is 3.21. The zero-order valence-corrected chi connectivity index (χ0v) is 16.0. The first-order valence-corrected chi connectivity index (χ1v) is 10.0. The van der Waals surface area contributed by atoms with Gasteiger partial charge in [0, 0.05) is 36.2 Å². The van der Waals surface area contributed by atoms with Crippen LogP contribution in [0.15, 0.2) is 66.9 Å². The van der Waals surface area contributed by atoms with E-state index in [0.717, 1.165) is 40.3 Å². The van der Waals surface area contributed by atoms with Gasteiger partial charge >= 0.3 is 5.97 Å². The molecule has 5 heteroatoms. The summed E-state index contributed by atoms with van der Waals surface area (Å²) >= 11 is 0. The van der Waals surface area contributed by atoms with Crippen molar-refractivity contribution in [3.63, 3.8) is 0 Å². The van der Waals surface area contributed by atoms with Crippen LogP contribution < -0.4 is 0 Å². The monoisotopic (exact) mass is 386 g/mol. The standard InChI is InChI=1S/C24H22N2O3/c27-24(18-8-4-9-19-21(18)22-20(26-19)10-5-13-25-22)29-23(16-6-2-1-3-7-16)17-11-14-28-15-12-17/h1-10,13,17,23,26H,11-12,14-15H2. The molecule has 0 aliphatic carbocycles. The minimum Gasteiger partial charge on any atom is -0.454 e. The summed E-state index contributed by atoms with van der Waals surface area (Å²) in [6, 6.07) is 19.5. The van der Waals surface area contributed by atoms with E-state index in [1.54, 1.807) is 6.20 Å². The summed E-state index contributed by atoms with van der Waals surface area (Å²) in [5.74, 6) is -0.0714. The van der Waals surface area contributed by atoms with Crippen LogP contribution in [0.25, 0.3) is 21.9 Å². The van der Waals surface area contributed by atoms with Gasteiger partial charge in [0.25, 0.3) is 0 Å². The Morgan fingerprint density at radius 3 is 2.62 bits per heavy atom. The van der Waals surface area contributed by atoms with Crippen molar-refractivity contribution in [1.29, 1.82) is 0 Å². The number of carbonyl (C=O) groups excluding carboxylic acids is 1. The first kappa shape index (κ1) is 17.9. The molecule has 0 saturated carbocycles. The molecule has 1 N–H and O–H groups in total. The molecule has 1 atom stereocenters. The maximum atomic E-state index is 13.3. The van der Waals surface area contributed by atoms with E-state index in [1.165, 1.54) is 0 Å². The molecule has 2 aromatic heterocycles. The predicted molar refractivity (Wildman–Crippen MR) is 112 cm³/mol. The van der Waals surface area contributed by atoms with Gasteiger partial charge < -0.3 is 14.5 Å². The lowest BCUT2D eigenvalue weighted by Crippen LogP contribution is -2.26. The normalized spacial score (nSPS) is 16.1. The third-order valence-corrected chi connectivity index (χ3v) is 5.65. The summed E-state index contributed by atoms with van der Waals surface area (Å²) in [5.41, 5.74) is 4.15. The zero-order valence-electron chi connectivity index (χ0n) is 16.0. The summed E-state index contributed by atoms with van der Waals surface area (Å²) in [6.45, 7) is 1.40. The van der Waals surface area contributed by atoms with E-state index in [1.807, 2.05) is 60.7 Å². The molecule has 0 spiro atoms. The van der Waals surface area contributed by atoms with Crippen molar-refractivity contribution in [3.8, 4) is 0 Å². The number of hydrogen-bond donors (Lipinski definition) is 1. The van der Waals surface area contributed by atoms with Gasteiger partial charge in [-0.1, -0.05) is 36.4 Å². The van der Waals surface area contributed by atoms with Gasteiger partial charge in [-0.3, -0.25) is 4.98 Å². The first-order chi connectivity index (χ1) is 14.3. The topological polar surface area (TPSA) is 64.2 Å². The van der Waals surface area contributed by atoms with E-state index < -0.39 is 0 Å². The second-order valence-electron chi connectivity index (χ2n) is 7.44. The number of fused-ring (bicyclic) bond motifs is 3. The number of nitrogens with one attached hydrogen (secondary N) is 1. The number of ether oxygens (including phenoxy) is 2. The second-order valence-corrected chi connectivity index (χ2v) is 7.44. The summed E-state index contributed by atoms with van der Waals surface area (Å²) in [4.78, 5) is 21.2. The average molecular weight is 386 g/mol. The molecule has 2 aromatic carbocycles. The number of hydrogen-bond acceptors (Lipinski definition) is 4. The van der Waals surface area contributed by atoms with Gasteiger partial charge in [0.1, 0.15) is 6.10 Å². The highest BCUT2D eigenvalue weighted by Gasteiger charge is 2.30. The molecule has 1 saturated heterocycles. The molecule has 5 nitrogen and oxygen atoms in total. The van der Waals surface area contributed by atoms with Crippen molar-refractivity contribution in [3.05, 3.63) is 78.0 Å². The zero-order chi connectivity index (χ0) is 19.6. The lowest BCUT2D eigenvalue weighted by molar-refractivity contribution is -0.0193. The molecule has 1 aliphatic rings. The van der Waals surface area contributed by atoms with E-state index in [0.29, 0.717) is 18.8 Å². The third kappa shape index (κ3) is 3.38.